The van der Waals surface area contributed by atoms with Crippen LogP contribution in [-0.2, 0) is 0 Å². The first-order valence-electron chi connectivity index (χ1n) is 6.17. The number of aromatic carboxylic acids is 1. The summed E-state index contributed by atoms with van der Waals surface area (Å²) in [7, 11) is 1.66. The van der Waals surface area contributed by atoms with Crippen molar-refractivity contribution in [3.05, 3.63) is 65.2 Å². The molecule has 0 saturated heterocycles. The number of anilines is 1. The Kier molecular flexibility index (Phi) is 3.84. The van der Waals surface area contributed by atoms with Gasteiger partial charge < -0.3 is 10.0 Å². The van der Waals surface area contributed by atoms with Gasteiger partial charge in [-0.1, -0.05) is 17.7 Å². The van der Waals surface area contributed by atoms with Crippen LogP contribution < -0.4 is 4.90 Å². The highest BCUT2D eigenvalue weighted by molar-refractivity contribution is 6.05. The number of carbonyl (C=O) groups excluding carboxylic acids is 1. The average molecular weight is 269 g/mol. The van der Waals surface area contributed by atoms with Crippen molar-refractivity contribution < 1.29 is 14.7 Å². The molecule has 0 spiro atoms. The lowest BCUT2D eigenvalue weighted by Gasteiger charge is -2.17. The molecule has 102 valence electrons. The first-order valence-corrected chi connectivity index (χ1v) is 6.17. The molecule has 0 aliphatic carbocycles. The van der Waals surface area contributed by atoms with Crippen molar-refractivity contribution in [3.8, 4) is 0 Å². The average Bonchev–Trinajstić information content (AvgIpc) is 2.46. The minimum atomic E-state index is -0.982. The van der Waals surface area contributed by atoms with E-state index in [0.717, 1.165) is 5.56 Å². The molecular weight excluding hydrogens is 254 g/mol. The zero-order valence-electron chi connectivity index (χ0n) is 11.3. The zero-order chi connectivity index (χ0) is 14.7. The Morgan fingerprint density at radius 1 is 0.900 bits per heavy atom. The van der Waals surface area contributed by atoms with Crippen LogP contribution in [0.3, 0.4) is 0 Å². The molecule has 0 saturated carbocycles. The fourth-order valence-electron chi connectivity index (χ4n) is 1.83. The Labute approximate surface area is 117 Å². The minimum absolute atomic E-state index is 0.131. The van der Waals surface area contributed by atoms with E-state index < -0.39 is 5.97 Å². The molecular formula is C16H15NO3. The van der Waals surface area contributed by atoms with Gasteiger partial charge in [0.25, 0.3) is 5.91 Å². The molecule has 0 bridgehead atoms. The number of benzene rings is 2. The van der Waals surface area contributed by atoms with Crippen LogP contribution in [0.25, 0.3) is 0 Å². The molecule has 1 amide bonds. The van der Waals surface area contributed by atoms with E-state index in [1.165, 1.54) is 17.0 Å². The van der Waals surface area contributed by atoms with Crippen molar-refractivity contribution in [1.29, 1.82) is 0 Å². The van der Waals surface area contributed by atoms with E-state index in [1.807, 2.05) is 19.1 Å². The van der Waals surface area contributed by atoms with Gasteiger partial charge in [-0.2, -0.15) is 0 Å². The SMILES string of the molecule is Cc1ccc(C(=O)N(C)c2ccc(C(=O)O)cc2)cc1. The third-order valence-corrected chi connectivity index (χ3v) is 3.10. The van der Waals surface area contributed by atoms with Gasteiger partial charge in [0.05, 0.1) is 5.56 Å². The molecule has 0 unspecified atom stereocenters. The van der Waals surface area contributed by atoms with Gasteiger partial charge in [-0.25, -0.2) is 4.79 Å². The van der Waals surface area contributed by atoms with Crippen LogP contribution in [0.15, 0.2) is 48.5 Å². The molecule has 0 heterocycles. The quantitative estimate of drug-likeness (QED) is 0.932. The summed E-state index contributed by atoms with van der Waals surface area (Å²) in [6, 6.07) is 13.5. The topological polar surface area (TPSA) is 57.6 Å². The number of rotatable bonds is 3. The third-order valence-electron chi connectivity index (χ3n) is 3.10. The number of carboxylic acid groups (broad SMARTS) is 1. The van der Waals surface area contributed by atoms with E-state index in [-0.39, 0.29) is 11.5 Å². The Morgan fingerprint density at radius 3 is 1.90 bits per heavy atom. The van der Waals surface area contributed by atoms with Gasteiger partial charge in [-0.05, 0) is 43.3 Å². The predicted octanol–water partition coefficient (Wildman–Crippen LogP) is 2.97. The smallest absolute Gasteiger partial charge is 0.335 e. The Hall–Kier alpha value is -2.62. The Morgan fingerprint density at radius 2 is 1.40 bits per heavy atom. The van der Waals surface area contributed by atoms with E-state index in [2.05, 4.69) is 0 Å². The van der Waals surface area contributed by atoms with E-state index >= 15 is 0 Å². The van der Waals surface area contributed by atoms with E-state index in [9.17, 15) is 9.59 Å². The summed E-state index contributed by atoms with van der Waals surface area (Å²) in [6.45, 7) is 1.96. The summed E-state index contributed by atoms with van der Waals surface area (Å²) in [5, 5.41) is 8.85. The maximum atomic E-state index is 12.3. The molecule has 0 radical (unpaired) electrons. The van der Waals surface area contributed by atoms with Gasteiger partial charge in [0.1, 0.15) is 0 Å². The first-order chi connectivity index (χ1) is 9.49. The van der Waals surface area contributed by atoms with E-state index in [4.69, 9.17) is 5.11 Å². The van der Waals surface area contributed by atoms with Crippen LogP contribution in [0.2, 0.25) is 0 Å². The second-order valence-corrected chi connectivity index (χ2v) is 4.58. The van der Waals surface area contributed by atoms with Crippen LogP contribution >= 0.6 is 0 Å². The van der Waals surface area contributed by atoms with E-state index in [0.29, 0.717) is 11.3 Å². The molecule has 4 nitrogen and oxygen atoms in total. The standard InChI is InChI=1S/C16H15NO3/c1-11-3-5-12(6-4-11)15(18)17(2)14-9-7-13(8-10-14)16(19)20/h3-10H,1-2H3,(H,19,20). The number of hydrogen-bond donors (Lipinski definition) is 1. The number of aryl methyl sites for hydroxylation is 1. The van der Waals surface area contributed by atoms with Crippen LogP contribution in [0.4, 0.5) is 5.69 Å². The molecule has 2 aromatic carbocycles. The number of hydrogen-bond acceptors (Lipinski definition) is 2. The number of carbonyl (C=O) groups is 2. The highest BCUT2D eigenvalue weighted by atomic mass is 16.4. The summed E-state index contributed by atoms with van der Waals surface area (Å²) in [6.07, 6.45) is 0. The maximum absolute atomic E-state index is 12.3. The van der Waals surface area contributed by atoms with Crippen molar-refractivity contribution in [1.82, 2.24) is 0 Å². The third kappa shape index (κ3) is 2.85. The van der Waals surface area contributed by atoms with Gasteiger partial charge in [0.15, 0.2) is 0 Å². The van der Waals surface area contributed by atoms with E-state index in [1.54, 1.807) is 31.3 Å². The lowest BCUT2D eigenvalue weighted by atomic mass is 10.1. The minimum Gasteiger partial charge on any atom is -0.478 e. The Bertz CT molecular complexity index is 630. The molecule has 0 atom stereocenters. The van der Waals surface area contributed by atoms with Crippen LogP contribution in [-0.4, -0.2) is 24.0 Å². The number of nitrogens with zero attached hydrogens (tertiary/aromatic N) is 1. The monoisotopic (exact) mass is 269 g/mol. The lowest BCUT2D eigenvalue weighted by molar-refractivity contribution is 0.0696. The zero-order valence-corrected chi connectivity index (χ0v) is 11.3. The van der Waals surface area contributed by atoms with Gasteiger partial charge in [-0.15, -0.1) is 0 Å². The normalized spacial score (nSPS) is 10.1. The van der Waals surface area contributed by atoms with Gasteiger partial charge in [0.2, 0.25) is 0 Å². The highest BCUT2D eigenvalue weighted by Gasteiger charge is 2.13. The lowest BCUT2D eigenvalue weighted by Crippen LogP contribution is -2.26. The molecule has 1 N–H and O–H groups in total. The second-order valence-electron chi connectivity index (χ2n) is 4.58. The maximum Gasteiger partial charge on any atom is 0.335 e. The predicted molar refractivity (Wildman–Crippen MR) is 77.3 cm³/mol. The van der Waals surface area contributed by atoms with Crippen LogP contribution in [0, 0.1) is 6.92 Å². The summed E-state index contributed by atoms with van der Waals surface area (Å²) in [5.74, 6) is -1.11. The van der Waals surface area contributed by atoms with Crippen molar-refractivity contribution in [2.75, 3.05) is 11.9 Å². The highest BCUT2D eigenvalue weighted by Crippen LogP contribution is 2.17. The summed E-state index contributed by atoms with van der Waals surface area (Å²) in [5.41, 5.74) is 2.54. The number of amides is 1. The molecule has 2 rings (SSSR count). The van der Waals surface area contributed by atoms with Crippen molar-refractivity contribution in [2.45, 2.75) is 6.92 Å². The van der Waals surface area contributed by atoms with Crippen LogP contribution in [0.5, 0.6) is 0 Å². The largest absolute Gasteiger partial charge is 0.478 e. The van der Waals surface area contributed by atoms with Gasteiger partial charge in [0, 0.05) is 18.3 Å². The van der Waals surface area contributed by atoms with Crippen molar-refractivity contribution in [2.24, 2.45) is 0 Å². The molecule has 0 fully saturated rings. The molecule has 4 heteroatoms. The summed E-state index contributed by atoms with van der Waals surface area (Å²) >= 11 is 0. The fourth-order valence-corrected chi connectivity index (χ4v) is 1.83. The van der Waals surface area contributed by atoms with Crippen molar-refractivity contribution in [3.63, 3.8) is 0 Å². The van der Waals surface area contributed by atoms with Crippen molar-refractivity contribution >= 4 is 17.6 Å². The molecule has 0 aromatic heterocycles. The van der Waals surface area contributed by atoms with Gasteiger partial charge >= 0.3 is 5.97 Å². The summed E-state index contributed by atoms with van der Waals surface area (Å²) < 4.78 is 0. The molecule has 0 aliphatic heterocycles. The molecule has 0 aliphatic rings. The summed E-state index contributed by atoms with van der Waals surface area (Å²) in [4.78, 5) is 24.6. The second kappa shape index (κ2) is 5.57. The first kappa shape index (κ1) is 13.8. The fraction of sp³-hybridized carbons (Fsp3) is 0.125. The Balaban J connectivity index is 2.22. The van der Waals surface area contributed by atoms with Gasteiger partial charge in [-0.3, -0.25) is 4.79 Å². The molecule has 20 heavy (non-hydrogen) atoms. The van der Waals surface area contributed by atoms with Crippen LogP contribution in [0.1, 0.15) is 26.3 Å². The molecule has 2 aromatic rings. The number of carboxylic acids is 1.